The normalized spacial score (nSPS) is 18.4. The van der Waals surface area contributed by atoms with Crippen molar-refractivity contribution < 1.29 is 14.6 Å². The van der Waals surface area contributed by atoms with Crippen molar-refractivity contribution in [3.05, 3.63) is 41.1 Å². The van der Waals surface area contributed by atoms with Crippen molar-refractivity contribution in [3.63, 3.8) is 0 Å². The Labute approximate surface area is 121 Å². The van der Waals surface area contributed by atoms with Gasteiger partial charge in [0.05, 0.1) is 12.7 Å². The first kappa shape index (κ1) is 14.5. The number of carbonyl (C=O) groups is 1. The summed E-state index contributed by atoms with van der Waals surface area (Å²) in [6.45, 7) is 1.75. The van der Waals surface area contributed by atoms with Crippen LogP contribution in [0.5, 0.6) is 5.75 Å². The number of carboxylic acid groups (broad SMARTS) is 1. The molecule has 1 aliphatic heterocycles. The molecule has 0 spiro atoms. The lowest BCUT2D eigenvalue weighted by Gasteiger charge is -2.24. The van der Waals surface area contributed by atoms with Gasteiger partial charge in [0, 0.05) is 5.70 Å². The molecular formula is C14H16N2O3S. The topological polar surface area (TPSA) is 70.9 Å². The molecule has 2 rings (SSSR count). The molecule has 1 atom stereocenters. The van der Waals surface area contributed by atoms with Gasteiger partial charge in [-0.1, -0.05) is 23.9 Å². The number of hydrogen-bond donors (Lipinski definition) is 2. The van der Waals surface area contributed by atoms with Gasteiger partial charge in [0.1, 0.15) is 11.8 Å². The van der Waals surface area contributed by atoms with E-state index in [1.54, 1.807) is 26.2 Å². The van der Waals surface area contributed by atoms with E-state index >= 15 is 0 Å². The SMILES string of the molecule is COc1ccc(C2N=C(SC)NC(C)=C2C(=O)O)cc1. The van der Waals surface area contributed by atoms with Crippen molar-refractivity contribution in [3.8, 4) is 5.75 Å². The van der Waals surface area contributed by atoms with E-state index in [2.05, 4.69) is 10.3 Å². The van der Waals surface area contributed by atoms with Gasteiger partial charge in [-0.25, -0.2) is 9.79 Å². The van der Waals surface area contributed by atoms with Crippen LogP contribution in [-0.4, -0.2) is 29.6 Å². The molecule has 0 fully saturated rings. The van der Waals surface area contributed by atoms with Crippen LogP contribution in [0.25, 0.3) is 0 Å². The fraction of sp³-hybridized carbons (Fsp3) is 0.286. The zero-order valence-corrected chi connectivity index (χ0v) is 12.3. The van der Waals surface area contributed by atoms with Crippen molar-refractivity contribution in [1.29, 1.82) is 0 Å². The smallest absolute Gasteiger partial charge is 0.335 e. The third-order valence-electron chi connectivity index (χ3n) is 3.07. The number of methoxy groups -OCH3 is 1. The molecule has 0 amide bonds. The summed E-state index contributed by atoms with van der Waals surface area (Å²) in [5, 5.41) is 13.1. The maximum Gasteiger partial charge on any atom is 0.335 e. The Kier molecular flexibility index (Phi) is 4.34. The lowest BCUT2D eigenvalue weighted by molar-refractivity contribution is -0.133. The standard InChI is InChI=1S/C14H16N2O3S/c1-8-11(13(17)18)12(16-14(15-8)20-3)9-4-6-10(19-2)7-5-9/h4-7,12H,1-3H3,(H,15,16)(H,17,18). The molecule has 0 saturated heterocycles. The number of thioether (sulfide) groups is 1. The summed E-state index contributed by atoms with van der Waals surface area (Å²) in [5.74, 6) is -0.228. The molecule has 2 N–H and O–H groups in total. The van der Waals surface area contributed by atoms with E-state index in [4.69, 9.17) is 4.74 Å². The predicted octanol–water partition coefficient (Wildman–Crippen LogP) is 2.42. The minimum absolute atomic E-state index is 0.271. The first-order chi connectivity index (χ1) is 9.56. The highest BCUT2D eigenvalue weighted by Gasteiger charge is 2.28. The molecule has 6 heteroatoms. The molecule has 20 heavy (non-hydrogen) atoms. The average molecular weight is 292 g/mol. The largest absolute Gasteiger partial charge is 0.497 e. The van der Waals surface area contributed by atoms with Crippen LogP contribution in [-0.2, 0) is 4.79 Å². The van der Waals surface area contributed by atoms with Gasteiger partial charge in [-0.3, -0.25) is 0 Å². The summed E-state index contributed by atoms with van der Waals surface area (Å²) >= 11 is 1.46. The van der Waals surface area contributed by atoms with E-state index < -0.39 is 12.0 Å². The maximum atomic E-state index is 11.5. The Morgan fingerprint density at radius 3 is 2.55 bits per heavy atom. The number of allylic oxidation sites excluding steroid dienone is 1. The third-order valence-corrected chi connectivity index (χ3v) is 3.67. The second-order valence-electron chi connectivity index (χ2n) is 4.28. The lowest BCUT2D eigenvalue weighted by atomic mass is 9.97. The number of hydrogen-bond acceptors (Lipinski definition) is 5. The van der Waals surface area contributed by atoms with Crippen molar-refractivity contribution in [1.82, 2.24) is 5.32 Å². The van der Waals surface area contributed by atoms with Crippen LogP contribution in [0.1, 0.15) is 18.5 Å². The van der Waals surface area contributed by atoms with E-state index in [0.29, 0.717) is 10.9 Å². The number of carboxylic acids is 1. The number of amidine groups is 1. The third kappa shape index (κ3) is 2.80. The van der Waals surface area contributed by atoms with Gasteiger partial charge in [0.2, 0.25) is 0 Å². The fourth-order valence-corrected chi connectivity index (χ4v) is 2.52. The van der Waals surface area contributed by atoms with Crippen LogP contribution < -0.4 is 10.1 Å². The summed E-state index contributed by atoms with van der Waals surface area (Å²) in [7, 11) is 1.59. The molecule has 1 aliphatic rings. The summed E-state index contributed by atoms with van der Waals surface area (Å²) in [6.07, 6.45) is 1.90. The molecule has 1 unspecified atom stereocenters. The average Bonchev–Trinajstić information content (AvgIpc) is 2.46. The molecule has 0 bridgehead atoms. The molecule has 0 saturated carbocycles. The molecule has 0 aromatic heterocycles. The molecule has 106 valence electrons. The van der Waals surface area contributed by atoms with Crippen LogP contribution in [0.15, 0.2) is 40.5 Å². The summed E-state index contributed by atoms with van der Waals surface area (Å²) < 4.78 is 5.11. The van der Waals surface area contributed by atoms with Crippen LogP contribution in [0, 0.1) is 0 Å². The van der Waals surface area contributed by atoms with E-state index in [1.807, 2.05) is 18.4 Å². The summed E-state index contributed by atoms with van der Waals surface area (Å²) in [5.41, 5.74) is 1.72. The predicted molar refractivity (Wildman–Crippen MR) is 80.2 cm³/mol. The number of ether oxygens (including phenoxy) is 1. The van der Waals surface area contributed by atoms with E-state index in [9.17, 15) is 9.90 Å². The lowest BCUT2D eigenvalue weighted by Crippen LogP contribution is -2.29. The number of nitrogens with zero attached hydrogens (tertiary/aromatic N) is 1. The monoisotopic (exact) mass is 292 g/mol. The highest BCUT2D eigenvalue weighted by atomic mass is 32.2. The Morgan fingerprint density at radius 2 is 2.05 bits per heavy atom. The molecule has 1 aromatic rings. The summed E-state index contributed by atoms with van der Waals surface area (Å²) in [4.78, 5) is 15.9. The first-order valence-electron chi connectivity index (χ1n) is 6.03. The number of rotatable bonds is 3. The molecule has 0 radical (unpaired) electrons. The minimum Gasteiger partial charge on any atom is -0.497 e. The Balaban J connectivity index is 2.44. The molecule has 5 nitrogen and oxygen atoms in total. The van der Waals surface area contributed by atoms with Crippen molar-refractivity contribution in [2.75, 3.05) is 13.4 Å². The minimum atomic E-state index is -0.959. The van der Waals surface area contributed by atoms with Gasteiger partial charge in [-0.15, -0.1) is 0 Å². The number of nitrogens with one attached hydrogen (secondary N) is 1. The van der Waals surface area contributed by atoms with Gasteiger partial charge in [-0.2, -0.15) is 0 Å². The van der Waals surface area contributed by atoms with Crippen LogP contribution in [0.3, 0.4) is 0 Å². The Hall–Kier alpha value is -1.95. The summed E-state index contributed by atoms with van der Waals surface area (Å²) in [6, 6.07) is 6.79. The van der Waals surface area contributed by atoms with E-state index in [-0.39, 0.29) is 5.57 Å². The first-order valence-corrected chi connectivity index (χ1v) is 7.26. The molecule has 0 aliphatic carbocycles. The highest BCUT2D eigenvalue weighted by molar-refractivity contribution is 8.13. The van der Waals surface area contributed by atoms with Gasteiger partial charge >= 0.3 is 5.97 Å². The molecule has 1 heterocycles. The zero-order chi connectivity index (χ0) is 14.7. The zero-order valence-electron chi connectivity index (χ0n) is 11.5. The van der Waals surface area contributed by atoms with Crippen LogP contribution in [0.2, 0.25) is 0 Å². The quantitative estimate of drug-likeness (QED) is 0.895. The van der Waals surface area contributed by atoms with Crippen molar-refractivity contribution in [2.45, 2.75) is 13.0 Å². The van der Waals surface area contributed by atoms with Crippen molar-refractivity contribution >= 4 is 22.9 Å². The number of aliphatic carboxylic acids is 1. The van der Waals surface area contributed by atoms with Crippen LogP contribution in [0.4, 0.5) is 0 Å². The van der Waals surface area contributed by atoms with Gasteiger partial charge in [-0.05, 0) is 30.9 Å². The highest BCUT2D eigenvalue weighted by Crippen LogP contribution is 2.32. The molecular weight excluding hydrogens is 276 g/mol. The van der Waals surface area contributed by atoms with E-state index in [1.165, 1.54) is 11.8 Å². The number of aliphatic imine (C=N–C) groups is 1. The van der Waals surface area contributed by atoms with Crippen LogP contribution >= 0.6 is 11.8 Å². The maximum absolute atomic E-state index is 11.5. The molecule has 1 aromatic carbocycles. The van der Waals surface area contributed by atoms with E-state index in [0.717, 1.165) is 11.3 Å². The van der Waals surface area contributed by atoms with Gasteiger partial charge < -0.3 is 15.2 Å². The van der Waals surface area contributed by atoms with Gasteiger partial charge in [0.15, 0.2) is 5.17 Å². The Morgan fingerprint density at radius 1 is 1.40 bits per heavy atom. The van der Waals surface area contributed by atoms with Gasteiger partial charge in [0.25, 0.3) is 0 Å². The Bertz CT molecular complexity index is 579. The van der Waals surface area contributed by atoms with Crippen molar-refractivity contribution in [2.24, 2.45) is 4.99 Å². The second-order valence-corrected chi connectivity index (χ2v) is 5.08. The fourth-order valence-electron chi connectivity index (χ4n) is 2.06. The number of benzene rings is 1. The second kappa shape index (κ2) is 6.00.